The largest absolute Gasteiger partial charge is 0.497 e. The highest BCUT2D eigenvalue weighted by Gasteiger charge is 2.31. The summed E-state index contributed by atoms with van der Waals surface area (Å²) in [6, 6.07) is 9.66. The molecule has 2 fully saturated rings. The van der Waals surface area contributed by atoms with E-state index < -0.39 is 0 Å². The average molecular weight is 499 g/mol. The number of pyridine rings is 2. The lowest BCUT2D eigenvalue weighted by atomic mass is 10.0. The molecule has 1 saturated heterocycles. The van der Waals surface area contributed by atoms with Crippen LogP contribution in [0, 0.1) is 18.3 Å². The van der Waals surface area contributed by atoms with Crippen LogP contribution in [0.1, 0.15) is 77.9 Å². The Morgan fingerprint density at radius 1 is 1.24 bits per heavy atom. The number of aryl methyl sites for hydroxylation is 1. The van der Waals surface area contributed by atoms with Crippen LogP contribution >= 0.6 is 0 Å². The Kier molecular flexibility index (Phi) is 6.98. The molecule has 2 aromatic heterocycles. The number of hydrogen-bond donors (Lipinski definition) is 2. The Morgan fingerprint density at radius 3 is 2.78 bits per heavy atom. The molecule has 2 aliphatic rings. The molecule has 0 radical (unpaired) electrons. The van der Waals surface area contributed by atoms with Crippen LogP contribution in [0.3, 0.4) is 0 Å². The van der Waals surface area contributed by atoms with Gasteiger partial charge < -0.3 is 20.3 Å². The van der Waals surface area contributed by atoms with Crippen LogP contribution in [0.4, 0.5) is 5.69 Å². The Labute approximate surface area is 218 Å². The minimum atomic E-state index is -0.328. The highest BCUT2D eigenvalue weighted by atomic mass is 16.5. The maximum absolute atomic E-state index is 13.8. The number of carbonyl (C=O) groups excluding carboxylic acids is 1. The number of nitriles is 1. The summed E-state index contributed by atoms with van der Waals surface area (Å²) in [5.41, 5.74) is 5.70. The molecule has 2 atom stereocenters. The van der Waals surface area contributed by atoms with Crippen molar-refractivity contribution in [1.82, 2.24) is 20.6 Å². The number of rotatable bonds is 6. The molecule has 8 heteroatoms. The van der Waals surface area contributed by atoms with Gasteiger partial charge in [-0.3, -0.25) is 14.8 Å². The van der Waals surface area contributed by atoms with Crippen molar-refractivity contribution >= 4 is 22.5 Å². The lowest BCUT2D eigenvalue weighted by Crippen LogP contribution is -2.33. The highest BCUT2D eigenvalue weighted by molar-refractivity contribution is 6.08. The molecule has 2 N–H and O–H groups in total. The summed E-state index contributed by atoms with van der Waals surface area (Å²) in [5, 5.41) is 17.1. The van der Waals surface area contributed by atoms with E-state index in [0.29, 0.717) is 28.8 Å². The van der Waals surface area contributed by atoms with E-state index in [1.165, 1.54) is 0 Å². The topological polar surface area (TPSA) is 103 Å². The van der Waals surface area contributed by atoms with Crippen LogP contribution in [-0.2, 0) is 0 Å². The Bertz CT molecular complexity index is 1380. The van der Waals surface area contributed by atoms with Gasteiger partial charge in [-0.2, -0.15) is 5.26 Å². The number of carbonyl (C=O) groups is 1. The van der Waals surface area contributed by atoms with E-state index in [1.54, 1.807) is 25.4 Å². The fourth-order valence-corrected chi connectivity index (χ4v) is 5.14. The van der Waals surface area contributed by atoms with Crippen molar-refractivity contribution in [3.8, 4) is 11.8 Å². The van der Waals surface area contributed by atoms with Crippen LogP contribution in [0.15, 0.2) is 30.5 Å². The number of benzene rings is 1. The van der Waals surface area contributed by atoms with Gasteiger partial charge in [0, 0.05) is 48.9 Å². The monoisotopic (exact) mass is 498 g/mol. The average Bonchev–Trinajstić information content (AvgIpc) is 3.75. The predicted molar refractivity (Wildman–Crippen MR) is 144 cm³/mol. The van der Waals surface area contributed by atoms with E-state index in [0.717, 1.165) is 72.4 Å². The summed E-state index contributed by atoms with van der Waals surface area (Å²) >= 11 is 0. The van der Waals surface area contributed by atoms with Gasteiger partial charge in [-0.25, -0.2) is 0 Å². The lowest BCUT2D eigenvalue weighted by Gasteiger charge is -2.27. The Balaban J connectivity index is 1.56. The molecule has 1 amide bonds. The quantitative estimate of drug-likeness (QED) is 0.520. The number of anilines is 1. The van der Waals surface area contributed by atoms with Gasteiger partial charge in [-0.15, -0.1) is 0 Å². The molecule has 3 aromatic rings. The molecule has 0 spiro atoms. The zero-order valence-corrected chi connectivity index (χ0v) is 22.0. The van der Waals surface area contributed by atoms with Gasteiger partial charge in [0.25, 0.3) is 5.91 Å². The summed E-state index contributed by atoms with van der Waals surface area (Å²) in [7, 11) is 1.57. The molecular weight excluding hydrogens is 464 g/mol. The van der Waals surface area contributed by atoms with Crippen molar-refractivity contribution in [2.45, 2.75) is 58.0 Å². The van der Waals surface area contributed by atoms with Gasteiger partial charge in [0.05, 0.1) is 47.2 Å². The third-order valence-electron chi connectivity index (χ3n) is 7.35. The molecule has 1 aliphatic heterocycles. The van der Waals surface area contributed by atoms with Gasteiger partial charge in [0.15, 0.2) is 0 Å². The molecule has 3 heterocycles. The van der Waals surface area contributed by atoms with Gasteiger partial charge in [0.2, 0.25) is 0 Å². The zero-order chi connectivity index (χ0) is 26.1. The van der Waals surface area contributed by atoms with Gasteiger partial charge in [0.1, 0.15) is 5.75 Å². The second-order valence-corrected chi connectivity index (χ2v) is 10.3. The molecule has 0 bridgehead atoms. The third-order valence-corrected chi connectivity index (χ3v) is 7.35. The number of hydrogen-bond acceptors (Lipinski definition) is 7. The van der Waals surface area contributed by atoms with E-state index in [4.69, 9.17) is 14.7 Å². The van der Waals surface area contributed by atoms with Gasteiger partial charge in [-0.05, 0) is 69.9 Å². The summed E-state index contributed by atoms with van der Waals surface area (Å²) in [5.74, 6) is 0.853. The van der Waals surface area contributed by atoms with Crippen molar-refractivity contribution in [3.05, 3.63) is 58.5 Å². The zero-order valence-electron chi connectivity index (χ0n) is 22.0. The first-order chi connectivity index (χ1) is 17.9. The second kappa shape index (κ2) is 10.3. The fraction of sp³-hybridized carbons (Fsp3) is 0.448. The Hall–Kier alpha value is -3.70. The van der Waals surface area contributed by atoms with Crippen LogP contribution in [-0.4, -0.2) is 48.7 Å². The maximum Gasteiger partial charge on any atom is 0.255 e. The van der Waals surface area contributed by atoms with E-state index in [2.05, 4.69) is 34.6 Å². The van der Waals surface area contributed by atoms with Crippen LogP contribution < -0.4 is 20.3 Å². The number of fused-ring (bicyclic) bond motifs is 1. The molecule has 8 nitrogen and oxygen atoms in total. The second-order valence-electron chi connectivity index (χ2n) is 10.3. The molecule has 0 unspecified atom stereocenters. The molecule has 37 heavy (non-hydrogen) atoms. The minimum Gasteiger partial charge on any atom is -0.497 e. The van der Waals surface area contributed by atoms with E-state index >= 15 is 0 Å². The number of amides is 1. The van der Waals surface area contributed by atoms with Crippen molar-refractivity contribution in [2.75, 3.05) is 31.6 Å². The fourth-order valence-electron chi connectivity index (χ4n) is 5.14. The number of nitrogens with one attached hydrogen (secondary N) is 2. The first-order valence-electron chi connectivity index (χ1n) is 13.1. The summed E-state index contributed by atoms with van der Waals surface area (Å²) in [6.07, 6.45) is 4.98. The summed E-state index contributed by atoms with van der Waals surface area (Å²) in [6.45, 7) is 8.64. The minimum absolute atomic E-state index is 0.189. The maximum atomic E-state index is 13.8. The molecule has 192 valence electrons. The normalized spacial score (nSPS) is 18.7. The van der Waals surface area contributed by atoms with Gasteiger partial charge in [-0.1, -0.05) is 0 Å². The van der Waals surface area contributed by atoms with Crippen molar-refractivity contribution in [2.24, 2.45) is 0 Å². The summed E-state index contributed by atoms with van der Waals surface area (Å²) in [4.78, 5) is 25.8. The first kappa shape index (κ1) is 25.0. The van der Waals surface area contributed by atoms with Crippen molar-refractivity contribution in [3.63, 3.8) is 0 Å². The lowest BCUT2D eigenvalue weighted by molar-refractivity contribution is 0.0940. The number of methoxy groups -OCH3 is 1. The standard InChI is InChI=1S/C29H34N6O2/c1-17-7-9-35(10-8-31-17)28-24-11-18(2)33-26(21-5-6-21)27(24)32-16-25(28)29(36)34-19(3)22-12-20(15-30)13-23(14-22)37-4/h11-14,16-17,19,21,31H,5-10H2,1-4H3,(H,34,36)/t17-,19-/m0/s1. The van der Waals surface area contributed by atoms with Gasteiger partial charge >= 0.3 is 0 Å². The van der Waals surface area contributed by atoms with Crippen molar-refractivity contribution in [1.29, 1.82) is 5.26 Å². The van der Waals surface area contributed by atoms with Crippen LogP contribution in [0.25, 0.3) is 10.9 Å². The molecule has 1 saturated carbocycles. The molecular formula is C29H34N6O2. The van der Waals surface area contributed by atoms with Crippen LogP contribution in [0.5, 0.6) is 5.75 Å². The highest BCUT2D eigenvalue weighted by Crippen LogP contribution is 2.43. The number of ether oxygens (including phenoxy) is 1. The number of aromatic nitrogens is 2. The smallest absolute Gasteiger partial charge is 0.255 e. The third kappa shape index (κ3) is 5.23. The summed E-state index contributed by atoms with van der Waals surface area (Å²) < 4.78 is 5.36. The van der Waals surface area contributed by atoms with E-state index in [9.17, 15) is 10.1 Å². The van der Waals surface area contributed by atoms with E-state index in [-0.39, 0.29) is 11.9 Å². The Morgan fingerprint density at radius 2 is 2.05 bits per heavy atom. The van der Waals surface area contributed by atoms with Crippen molar-refractivity contribution < 1.29 is 9.53 Å². The first-order valence-corrected chi connectivity index (χ1v) is 13.1. The van der Waals surface area contributed by atoms with Crippen LogP contribution in [0.2, 0.25) is 0 Å². The molecule has 1 aliphatic carbocycles. The molecule has 5 rings (SSSR count). The number of nitrogens with zero attached hydrogens (tertiary/aromatic N) is 4. The predicted octanol–water partition coefficient (Wildman–Crippen LogP) is 4.38. The van der Waals surface area contributed by atoms with E-state index in [1.807, 2.05) is 19.9 Å². The molecule has 1 aromatic carbocycles. The SMILES string of the molecule is COc1cc(C#N)cc([C@H](C)NC(=O)c2cnc3c(C4CC4)nc(C)cc3c2N2CCN[C@@H](C)CC2)c1.